The van der Waals surface area contributed by atoms with Gasteiger partial charge in [-0.05, 0) is 63.4 Å². The number of hydrogen-bond donors (Lipinski definition) is 0. The van der Waals surface area contributed by atoms with Gasteiger partial charge in [0.05, 0.1) is 18.8 Å². The SMILES string of the molecule is C=C(C(=O)CN(C(=O)OC(C)(C)C)[C@@H](C)C=CO[Si](C)(C)C(C)(C)C)C(C)C. The van der Waals surface area contributed by atoms with Gasteiger partial charge in [-0.25, -0.2) is 4.79 Å². The minimum Gasteiger partial charge on any atom is -0.549 e. The first-order valence-electron chi connectivity index (χ1n) is 9.95. The van der Waals surface area contributed by atoms with Crippen molar-refractivity contribution in [3.05, 3.63) is 24.5 Å². The topological polar surface area (TPSA) is 55.8 Å². The molecule has 0 aliphatic heterocycles. The van der Waals surface area contributed by atoms with E-state index in [1.54, 1.807) is 33.1 Å². The number of nitrogens with zero attached hydrogens (tertiary/aromatic N) is 1. The highest BCUT2D eigenvalue weighted by molar-refractivity contribution is 6.74. The highest BCUT2D eigenvalue weighted by atomic mass is 28.4. The minimum absolute atomic E-state index is 0.0285. The smallest absolute Gasteiger partial charge is 0.411 e. The van der Waals surface area contributed by atoms with Crippen molar-refractivity contribution < 1.29 is 18.8 Å². The van der Waals surface area contributed by atoms with Crippen LogP contribution in [0.3, 0.4) is 0 Å². The molecule has 0 unspecified atom stereocenters. The molecule has 0 aromatic rings. The van der Waals surface area contributed by atoms with Crippen LogP contribution in [0.5, 0.6) is 0 Å². The van der Waals surface area contributed by atoms with Gasteiger partial charge in [-0.2, -0.15) is 0 Å². The summed E-state index contributed by atoms with van der Waals surface area (Å²) in [4.78, 5) is 26.7. The molecule has 5 nitrogen and oxygen atoms in total. The lowest BCUT2D eigenvalue weighted by Gasteiger charge is -2.35. The van der Waals surface area contributed by atoms with E-state index in [4.69, 9.17) is 9.16 Å². The number of rotatable bonds is 8. The molecule has 1 amide bonds. The van der Waals surface area contributed by atoms with E-state index in [9.17, 15) is 9.59 Å². The van der Waals surface area contributed by atoms with Gasteiger partial charge in [-0.15, -0.1) is 0 Å². The van der Waals surface area contributed by atoms with Crippen molar-refractivity contribution in [2.24, 2.45) is 5.92 Å². The lowest BCUT2D eigenvalue weighted by atomic mass is 10.0. The number of carbonyl (C=O) groups is 2. The van der Waals surface area contributed by atoms with Crippen molar-refractivity contribution in [2.75, 3.05) is 6.54 Å². The first kappa shape index (κ1) is 26.4. The van der Waals surface area contributed by atoms with Crippen molar-refractivity contribution in [1.82, 2.24) is 4.90 Å². The van der Waals surface area contributed by atoms with E-state index in [1.807, 2.05) is 20.8 Å². The molecule has 0 aliphatic rings. The van der Waals surface area contributed by atoms with E-state index < -0.39 is 20.0 Å². The molecule has 0 heterocycles. The van der Waals surface area contributed by atoms with Gasteiger partial charge in [0.2, 0.25) is 8.32 Å². The van der Waals surface area contributed by atoms with Gasteiger partial charge in [0, 0.05) is 0 Å². The number of Topliss-reactive ketones (excluding diaryl/α,β-unsaturated/α-hetero) is 1. The van der Waals surface area contributed by atoms with Crippen LogP contribution in [0.2, 0.25) is 18.1 Å². The fraction of sp³-hybridized carbons (Fsp3) is 0.727. The van der Waals surface area contributed by atoms with E-state index >= 15 is 0 Å². The Labute approximate surface area is 173 Å². The molecule has 0 saturated heterocycles. The molecule has 0 fully saturated rings. The molecule has 0 rings (SSSR count). The Kier molecular flexibility index (Phi) is 9.22. The Morgan fingerprint density at radius 3 is 1.96 bits per heavy atom. The Hall–Kier alpha value is -1.56. The first-order chi connectivity index (χ1) is 12.4. The van der Waals surface area contributed by atoms with Crippen LogP contribution in [0.4, 0.5) is 4.79 Å². The van der Waals surface area contributed by atoms with Crippen molar-refractivity contribution in [2.45, 2.75) is 92.1 Å². The van der Waals surface area contributed by atoms with Crippen LogP contribution in [0.25, 0.3) is 0 Å². The second kappa shape index (κ2) is 9.77. The van der Waals surface area contributed by atoms with Gasteiger partial charge in [0.1, 0.15) is 5.60 Å². The average Bonchev–Trinajstić information content (AvgIpc) is 2.47. The molecule has 0 bridgehead atoms. The molecular formula is C22H41NO4Si. The monoisotopic (exact) mass is 411 g/mol. The largest absolute Gasteiger partial charge is 0.549 e. The number of hydrogen-bond acceptors (Lipinski definition) is 4. The lowest BCUT2D eigenvalue weighted by Crippen LogP contribution is -2.44. The third kappa shape index (κ3) is 8.63. The van der Waals surface area contributed by atoms with Crippen molar-refractivity contribution >= 4 is 20.2 Å². The van der Waals surface area contributed by atoms with Crippen LogP contribution in [0, 0.1) is 5.92 Å². The molecule has 0 saturated carbocycles. The normalized spacial score (nSPS) is 14.1. The molecule has 0 radical (unpaired) electrons. The van der Waals surface area contributed by atoms with Gasteiger partial charge in [-0.3, -0.25) is 9.69 Å². The third-order valence-corrected chi connectivity index (χ3v) is 9.35. The van der Waals surface area contributed by atoms with Crippen molar-refractivity contribution in [1.29, 1.82) is 0 Å². The summed E-state index contributed by atoms with van der Waals surface area (Å²) in [6.07, 6.45) is 2.94. The molecule has 1 atom stereocenters. The van der Waals surface area contributed by atoms with Crippen LogP contribution in [-0.2, 0) is 14.0 Å². The maximum atomic E-state index is 12.7. The maximum Gasteiger partial charge on any atom is 0.411 e. The van der Waals surface area contributed by atoms with Gasteiger partial charge in [0.15, 0.2) is 5.78 Å². The number of ketones is 1. The van der Waals surface area contributed by atoms with Crippen LogP contribution in [-0.4, -0.2) is 43.3 Å². The minimum atomic E-state index is -1.94. The van der Waals surface area contributed by atoms with Gasteiger partial charge >= 0.3 is 6.09 Å². The summed E-state index contributed by atoms with van der Waals surface area (Å²) >= 11 is 0. The van der Waals surface area contributed by atoms with Crippen molar-refractivity contribution in [3.8, 4) is 0 Å². The molecule has 162 valence electrons. The van der Waals surface area contributed by atoms with E-state index in [0.717, 1.165) is 0 Å². The van der Waals surface area contributed by atoms with Crippen LogP contribution in [0.15, 0.2) is 24.5 Å². The number of carbonyl (C=O) groups excluding carboxylic acids is 2. The standard InChI is InChI=1S/C22H41NO4Si/c1-16(2)18(4)19(24)15-23(20(25)27-21(5,6)7)17(3)13-14-26-28(11,12)22(8,9)10/h13-14,16-17H,4,15H2,1-3,5-12H3/t17-/m0/s1. The Balaban J connectivity index is 5.43. The fourth-order valence-electron chi connectivity index (χ4n) is 1.88. The predicted octanol–water partition coefficient (Wildman–Crippen LogP) is 5.93. The summed E-state index contributed by atoms with van der Waals surface area (Å²) in [7, 11) is -1.94. The molecule has 0 aliphatic carbocycles. The zero-order valence-electron chi connectivity index (χ0n) is 19.8. The van der Waals surface area contributed by atoms with Gasteiger partial charge in [-0.1, -0.05) is 41.2 Å². The Morgan fingerprint density at radius 1 is 1.07 bits per heavy atom. The van der Waals surface area contributed by atoms with E-state index in [-0.39, 0.29) is 29.3 Å². The number of ether oxygens (including phenoxy) is 1. The summed E-state index contributed by atoms with van der Waals surface area (Å²) in [5, 5.41) is 0.0798. The Bertz CT molecular complexity index is 595. The van der Waals surface area contributed by atoms with Gasteiger partial charge < -0.3 is 9.16 Å². The molecular weight excluding hydrogens is 370 g/mol. The summed E-state index contributed by atoms with van der Waals surface area (Å²) in [5.41, 5.74) is -0.142. The third-order valence-electron chi connectivity index (χ3n) is 5.01. The van der Waals surface area contributed by atoms with Crippen LogP contribution < -0.4 is 0 Å². The fourth-order valence-corrected chi connectivity index (χ4v) is 2.65. The summed E-state index contributed by atoms with van der Waals surface area (Å²) in [6, 6.07) is -0.358. The molecule has 0 N–H and O–H groups in total. The molecule has 0 aromatic heterocycles. The summed E-state index contributed by atoms with van der Waals surface area (Å²) in [6.45, 7) is 25.7. The quantitative estimate of drug-likeness (QED) is 0.282. The second-order valence-corrected chi connectivity index (χ2v) is 14.9. The van der Waals surface area contributed by atoms with Gasteiger partial charge in [0.25, 0.3) is 0 Å². The Morgan fingerprint density at radius 2 is 1.57 bits per heavy atom. The first-order valence-corrected chi connectivity index (χ1v) is 12.9. The molecule has 0 aromatic carbocycles. The van der Waals surface area contributed by atoms with E-state index in [0.29, 0.717) is 5.57 Å². The molecule has 28 heavy (non-hydrogen) atoms. The highest BCUT2D eigenvalue weighted by Gasteiger charge is 2.38. The van der Waals surface area contributed by atoms with Crippen molar-refractivity contribution in [3.63, 3.8) is 0 Å². The van der Waals surface area contributed by atoms with Crippen LogP contribution >= 0.6 is 0 Å². The zero-order valence-corrected chi connectivity index (χ0v) is 20.8. The zero-order chi connectivity index (χ0) is 22.5. The maximum absolute atomic E-state index is 12.7. The average molecular weight is 412 g/mol. The second-order valence-electron chi connectivity index (χ2n) is 10.2. The molecule has 6 heteroatoms. The van der Waals surface area contributed by atoms with E-state index in [2.05, 4.69) is 40.4 Å². The predicted molar refractivity (Wildman–Crippen MR) is 119 cm³/mol. The summed E-state index contributed by atoms with van der Waals surface area (Å²) in [5.74, 6) is -0.132. The summed E-state index contributed by atoms with van der Waals surface area (Å²) < 4.78 is 11.6. The number of amides is 1. The van der Waals surface area contributed by atoms with Crippen LogP contribution in [0.1, 0.15) is 62.3 Å². The highest BCUT2D eigenvalue weighted by Crippen LogP contribution is 2.36. The van der Waals surface area contributed by atoms with E-state index in [1.165, 1.54) is 4.90 Å². The lowest BCUT2D eigenvalue weighted by molar-refractivity contribution is -0.117. The molecule has 0 spiro atoms.